The van der Waals surface area contributed by atoms with E-state index in [1.165, 1.54) is 6.07 Å². The normalized spacial score (nSPS) is 11.8. The fourth-order valence-corrected chi connectivity index (χ4v) is 3.21. The van der Waals surface area contributed by atoms with Gasteiger partial charge in [-0.15, -0.1) is 10.2 Å². The van der Waals surface area contributed by atoms with Crippen molar-refractivity contribution in [2.75, 3.05) is 12.4 Å². The van der Waals surface area contributed by atoms with Crippen LogP contribution in [0.5, 0.6) is 5.75 Å². The van der Waals surface area contributed by atoms with Crippen LogP contribution in [0.3, 0.4) is 0 Å². The van der Waals surface area contributed by atoms with Gasteiger partial charge in [0.15, 0.2) is 0 Å². The van der Waals surface area contributed by atoms with E-state index in [4.69, 9.17) is 20.8 Å². The largest absolute Gasteiger partial charge is 0.495 e. The number of methoxy groups -OCH3 is 1. The minimum absolute atomic E-state index is 0.237. The summed E-state index contributed by atoms with van der Waals surface area (Å²) in [6.07, 6.45) is 0. The third kappa shape index (κ3) is 4.07. The van der Waals surface area contributed by atoms with E-state index in [-0.39, 0.29) is 11.7 Å². The van der Waals surface area contributed by atoms with Crippen molar-refractivity contribution in [2.45, 2.75) is 6.04 Å². The quantitative estimate of drug-likeness (QED) is 0.440. The van der Waals surface area contributed by atoms with Crippen LogP contribution in [-0.4, -0.2) is 17.3 Å². The zero-order chi connectivity index (χ0) is 20.2. The number of anilines is 1. The molecule has 1 N–H and O–H groups in total. The van der Waals surface area contributed by atoms with Crippen LogP contribution in [-0.2, 0) is 0 Å². The summed E-state index contributed by atoms with van der Waals surface area (Å²) in [5.41, 5.74) is 1.82. The number of hydrogen-bond acceptors (Lipinski definition) is 5. The number of nitrogens with zero attached hydrogens (tertiary/aromatic N) is 2. The number of halogens is 2. The summed E-state index contributed by atoms with van der Waals surface area (Å²) in [7, 11) is 1.54. The molecule has 3 aromatic carbocycles. The van der Waals surface area contributed by atoms with Gasteiger partial charge in [-0.05, 0) is 36.4 Å². The zero-order valence-corrected chi connectivity index (χ0v) is 16.2. The number of rotatable bonds is 6. The first kappa shape index (κ1) is 19.0. The highest BCUT2D eigenvalue weighted by Gasteiger charge is 2.24. The molecule has 4 rings (SSSR count). The van der Waals surface area contributed by atoms with E-state index in [9.17, 15) is 4.39 Å². The summed E-state index contributed by atoms with van der Waals surface area (Å²) in [4.78, 5) is 0. The van der Waals surface area contributed by atoms with Crippen LogP contribution < -0.4 is 10.1 Å². The summed E-state index contributed by atoms with van der Waals surface area (Å²) >= 11 is 6.23. The summed E-state index contributed by atoms with van der Waals surface area (Å²) in [6.45, 7) is 0. The molecular formula is C22H17ClFN3O2. The fourth-order valence-electron chi connectivity index (χ4n) is 2.95. The zero-order valence-electron chi connectivity index (χ0n) is 15.5. The van der Waals surface area contributed by atoms with Gasteiger partial charge in [-0.25, -0.2) is 4.39 Å². The average Bonchev–Trinajstić information content (AvgIpc) is 3.23. The molecule has 0 unspecified atom stereocenters. The molecule has 5 nitrogen and oxygen atoms in total. The van der Waals surface area contributed by atoms with E-state index in [0.717, 1.165) is 5.56 Å². The second-order valence-electron chi connectivity index (χ2n) is 6.26. The van der Waals surface area contributed by atoms with E-state index in [0.29, 0.717) is 27.9 Å². The maximum Gasteiger partial charge on any atom is 0.247 e. The van der Waals surface area contributed by atoms with Crippen molar-refractivity contribution < 1.29 is 13.5 Å². The Balaban J connectivity index is 1.73. The molecule has 0 bridgehead atoms. The number of ether oxygens (including phenoxy) is 1. The van der Waals surface area contributed by atoms with E-state index in [1.54, 1.807) is 43.5 Å². The molecule has 0 spiro atoms. The van der Waals surface area contributed by atoms with Gasteiger partial charge in [-0.1, -0.05) is 48.0 Å². The van der Waals surface area contributed by atoms with Crippen molar-refractivity contribution in [1.29, 1.82) is 0 Å². The topological polar surface area (TPSA) is 60.2 Å². The molecule has 7 heteroatoms. The molecule has 0 saturated heterocycles. The van der Waals surface area contributed by atoms with Crippen LogP contribution in [0.25, 0.3) is 11.5 Å². The van der Waals surface area contributed by atoms with Gasteiger partial charge in [0, 0.05) is 16.8 Å². The lowest BCUT2D eigenvalue weighted by Gasteiger charge is -2.18. The van der Waals surface area contributed by atoms with E-state index in [1.807, 2.05) is 30.3 Å². The van der Waals surface area contributed by atoms with Crippen molar-refractivity contribution in [2.24, 2.45) is 0 Å². The molecule has 4 aromatic rings. The molecule has 0 aliphatic carbocycles. The summed E-state index contributed by atoms with van der Waals surface area (Å²) < 4.78 is 25.6. The first-order chi connectivity index (χ1) is 14.2. The number of aromatic nitrogens is 2. The van der Waals surface area contributed by atoms with Crippen LogP contribution in [0.4, 0.5) is 10.1 Å². The van der Waals surface area contributed by atoms with Crippen molar-refractivity contribution in [1.82, 2.24) is 10.2 Å². The lowest BCUT2D eigenvalue weighted by Crippen LogP contribution is -2.14. The van der Waals surface area contributed by atoms with Gasteiger partial charge in [0.2, 0.25) is 11.8 Å². The van der Waals surface area contributed by atoms with Crippen LogP contribution in [0, 0.1) is 5.82 Å². The second-order valence-corrected chi connectivity index (χ2v) is 6.67. The lowest BCUT2D eigenvalue weighted by atomic mass is 10.1. The molecule has 0 aliphatic rings. The molecule has 1 heterocycles. The maximum atomic E-state index is 14.6. The van der Waals surface area contributed by atoms with Crippen LogP contribution in [0.15, 0.2) is 77.2 Å². The van der Waals surface area contributed by atoms with Gasteiger partial charge in [-0.2, -0.15) is 0 Å². The fraction of sp³-hybridized carbons (Fsp3) is 0.0909. The standard InChI is InChI=1S/C22H17ClFN3O2/c1-28-19-12-11-15(13-17(19)23)25-20(16-9-5-6-10-18(16)24)22-27-26-21(29-22)14-7-3-2-4-8-14/h2-13,20,25H,1H3/t20-/m0/s1. The van der Waals surface area contributed by atoms with Crippen LogP contribution >= 0.6 is 11.6 Å². The predicted molar refractivity (Wildman–Crippen MR) is 110 cm³/mol. The number of hydrogen-bond donors (Lipinski definition) is 1. The van der Waals surface area contributed by atoms with E-state index < -0.39 is 6.04 Å². The van der Waals surface area contributed by atoms with Crippen molar-refractivity contribution in [3.05, 3.63) is 95.1 Å². The first-order valence-electron chi connectivity index (χ1n) is 8.89. The number of benzene rings is 3. The highest BCUT2D eigenvalue weighted by atomic mass is 35.5. The molecule has 0 amide bonds. The maximum absolute atomic E-state index is 14.6. The minimum atomic E-state index is -0.703. The van der Waals surface area contributed by atoms with Gasteiger partial charge >= 0.3 is 0 Å². The lowest BCUT2D eigenvalue weighted by molar-refractivity contribution is 0.415. The van der Waals surface area contributed by atoms with Gasteiger partial charge in [-0.3, -0.25) is 0 Å². The van der Waals surface area contributed by atoms with Crippen molar-refractivity contribution in [3.63, 3.8) is 0 Å². The summed E-state index contributed by atoms with van der Waals surface area (Å²) in [5.74, 6) is 0.755. The Morgan fingerprint density at radius 1 is 1.00 bits per heavy atom. The van der Waals surface area contributed by atoms with Crippen LogP contribution in [0.2, 0.25) is 5.02 Å². The molecule has 1 atom stereocenters. The Morgan fingerprint density at radius 3 is 2.48 bits per heavy atom. The molecule has 146 valence electrons. The van der Waals surface area contributed by atoms with Gasteiger partial charge in [0.1, 0.15) is 17.6 Å². The third-order valence-electron chi connectivity index (χ3n) is 4.39. The van der Waals surface area contributed by atoms with Gasteiger partial charge in [0.05, 0.1) is 12.1 Å². The van der Waals surface area contributed by atoms with Crippen LogP contribution in [0.1, 0.15) is 17.5 Å². The Hall–Kier alpha value is -3.38. The predicted octanol–water partition coefficient (Wildman–Crippen LogP) is 5.74. The average molecular weight is 410 g/mol. The minimum Gasteiger partial charge on any atom is -0.495 e. The Morgan fingerprint density at radius 2 is 1.76 bits per heavy atom. The molecule has 29 heavy (non-hydrogen) atoms. The highest BCUT2D eigenvalue weighted by molar-refractivity contribution is 6.32. The summed E-state index contributed by atoms with van der Waals surface area (Å²) in [5, 5.41) is 11.9. The number of nitrogens with one attached hydrogen (secondary N) is 1. The molecule has 0 saturated carbocycles. The van der Waals surface area contributed by atoms with E-state index >= 15 is 0 Å². The Labute approximate surface area is 172 Å². The summed E-state index contributed by atoms with van der Waals surface area (Å²) in [6, 6.07) is 20.3. The van der Waals surface area contributed by atoms with Gasteiger partial charge in [0.25, 0.3) is 0 Å². The molecule has 0 fully saturated rings. The molecule has 0 radical (unpaired) electrons. The highest BCUT2D eigenvalue weighted by Crippen LogP contribution is 2.33. The monoisotopic (exact) mass is 409 g/mol. The second kappa shape index (κ2) is 8.32. The Bertz CT molecular complexity index is 1120. The Kier molecular flexibility index (Phi) is 5.44. The third-order valence-corrected chi connectivity index (χ3v) is 4.68. The smallest absolute Gasteiger partial charge is 0.247 e. The molecular weight excluding hydrogens is 393 g/mol. The molecule has 0 aliphatic heterocycles. The first-order valence-corrected chi connectivity index (χ1v) is 9.27. The SMILES string of the molecule is COc1ccc(N[C@H](c2nnc(-c3ccccc3)o2)c2ccccc2F)cc1Cl. The molecule has 1 aromatic heterocycles. The van der Waals surface area contributed by atoms with Crippen molar-refractivity contribution >= 4 is 17.3 Å². The van der Waals surface area contributed by atoms with Crippen molar-refractivity contribution in [3.8, 4) is 17.2 Å². The van der Waals surface area contributed by atoms with E-state index in [2.05, 4.69) is 15.5 Å². The van der Waals surface area contributed by atoms with Gasteiger partial charge < -0.3 is 14.5 Å².